The van der Waals surface area contributed by atoms with Gasteiger partial charge >= 0.3 is 0 Å². The molecule has 5 nitrogen and oxygen atoms in total. The van der Waals surface area contributed by atoms with Gasteiger partial charge in [0.1, 0.15) is 5.69 Å². The first-order valence-corrected chi connectivity index (χ1v) is 12.4. The minimum atomic E-state index is -0.363. The Bertz CT molecular complexity index is 1320. The molecule has 0 amide bonds. The Balaban J connectivity index is 1.90. The van der Waals surface area contributed by atoms with Gasteiger partial charge in [0, 0.05) is 23.6 Å². The second kappa shape index (κ2) is 10.6. The summed E-state index contributed by atoms with van der Waals surface area (Å²) in [6.07, 6.45) is 4.62. The van der Waals surface area contributed by atoms with Crippen molar-refractivity contribution in [2.45, 2.75) is 46.1 Å². The normalized spacial score (nSPS) is 12.8. The highest BCUT2D eigenvalue weighted by atomic mass is 32.1. The number of rotatable bonds is 9. The largest absolute Gasteiger partial charge is 0.316 e. The SMILES string of the molecule is CCCCC(CC)Cn1c(-c2cccc3ccccc23)csc1=Nc1ccccc1[N+](=O)[O-]. The summed E-state index contributed by atoms with van der Waals surface area (Å²) >= 11 is 1.54. The standard InChI is InChI=1S/C27H29N3O2S/c1-3-5-11-20(4-2)18-29-26(23-15-10-13-21-12-6-7-14-22(21)23)19-33-27(29)28-24-16-8-9-17-25(24)30(31)32/h6-10,12-17,19-20H,3-5,11,18H2,1-2H3. The molecule has 0 saturated heterocycles. The third kappa shape index (κ3) is 5.06. The van der Waals surface area contributed by atoms with E-state index >= 15 is 0 Å². The topological polar surface area (TPSA) is 60.4 Å². The predicted octanol–water partition coefficient (Wildman–Crippen LogP) is 7.73. The van der Waals surface area contributed by atoms with Crippen LogP contribution in [0.25, 0.3) is 22.0 Å². The summed E-state index contributed by atoms with van der Waals surface area (Å²) in [5.41, 5.74) is 2.70. The van der Waals surface area contributed by atoms with Crippen molar-refractivity contribution >= 4 is 33.5 Å². The molecule has 0 aliphatic rings. The zero-order valence-corrected chi connectivity index (χ0v) is 19.9. The van der Waals surface area contributed by atoms with Crippen LogP contribution in [-0.2, 0) is 6.54 Å². The van der Waals surface area contributed by atoms with Gasteiger partial charge in [0.2, 0.25) is 0 Å². The van der Waals surface area contributed by atoms with Crippen LogP contribution in [0.5, 0.6) is 0 Å². The van der Waals surface area contributed by atoms with E-state index < -0.39 is 0 Å². The Labute approximate surface area is 198 Å². The Morgan fingerprint density at radius 1 is 1.03 bits per heavy atom. The number of aromatic nitrogens is 1. The molecule has 0 fully saturated rings. The number of para-hydroxylation sites is 2. The maximum absolute atomic E-state index is 11.6. The summed E-state index contributed by atoms with van der Waals surface area (Å²) < 4.78 is 2.27. The molecule has 1 atom stereocenters. The highest BCUT2D eigenvalue weighted by Gasteiger charge is 2.17. The molecule has 4 rings (SSSR count). The minimum Gasteiger partial charge on any atom is -0.316 e. The molecule has 3 aromatic carbocycles. The van der Waals surface area contributed by atoms with E-state index in [2.05, 4.69) is 66.3 Å². The minimum absolute atomic E-state index is 0.0298. The van der Waals surface area contributed by atoms with E-state index in [0.717, 1.165) is 29.9 Å². The van der Waals surface area contributed by atoms with E-state index in [9.17, 15) is 10.1 Å². The number of unbranched alkanes of at least 4 members (excludes halogenated alkanes) is 1. The molecule has 4 aromatic rings. The molecule has 0 radical (unpaired) electrons. The van der Waals surface area contributed by atoms with E-state index in [0.29, 0.717) is 11.6 Å². The molecule has 1 aromatic heterocycles. The first kappa shape index (κ1) is 22.9. The number of hydrogen-bond acceptors (Lipinski definition) is 4. The highest BCUT2D eigenvalue weighted by molar-refractivity contribution is 7.07. The molecule has 1 unspecified atom stereocenters. The maximum atomic E-state index is 11.6. The number of nitro benzene ring substituents is 1. The monoisotopic (exact) mass is 459 g/mol. The molecule has 0 aliphatic carbocycles. The number of benzene rings is 3. The van der Waals surface area contributed by atoms with Gasteiger partial charge in [-0.3, -0.25) is 10.1 Å². The van der Waals surface area contributed by atoms with Crippen molar-refractivity contribution in [1.29, 1.82) is 0 Å². The van der Waals surface area contributed by atoms with Crippen molar-refractivity contribution in [1.82, 2.24) is 4.57 Å². The van der Waals surface area contributed by atoms with Gasteiger partial charge in [0.25, 0.3) is 5.69 Å². The first-order valence-electron chi connectivity index (χ1n) is 11.6. The van der Waals surface area contributed by atoms with Crippen molar-refractivity contribution in [3.8, 4) is 11.3 Å². The third-order valence-electron chi connectivity index (χ3n) is 6.14. The average Bonchev–Trinajstić information content (AvgIpc) is 3.23. The number of nitrogens with zero attached hydrogens (tertiary/aromatic N) is 3. The van der Waals surface area contributed by atoms with Crippen LogP contribution in [0.4, 0.5) is 11.4 Å². The van der Waals surface area contributed by atoms with Gasteiger partial charge in [-0.2, -0.15) is 0 Å². The fourth-order valence-electron chi connectivity index (χ4n) is 4.25. The number of fused-ring (bicyclic) bond motifs is 1. The lowest BCUT2D eigenvalue weighted by Crippen LogP contribution is -2.21. The van der Waals surface area contributed by atoms with E-state index in [1.807, 2.05) is 0 Å². The van der Waals surface area contributed by atoms with Gasteiger partial charge < -0.3 is 4.57 Å². The summed E-state index contributed by atoms with van der Waals surface area (Å²) in [4.78, 5) is 16.8. The molecule has 6 heteroatoms. The van der Waals surface area contributed by atoms with Crippen molar-refractivity contribution in [3.05, 3.63) is 87.0 Å². The number of nitro groups is 1. The van der Waals surface area contributed by atoms with E-state index in [4.69, 9.17) is 4.99 Å². The van der Waals surface area contributed by atoms with Crippen molar-refractivity contribution in [2.75, 3.05) is 0 Å². The lowest BCUT2D eigenvalue weighted by molar-refractivity contribution is -0.384. The molecule has 170 valence electrons. The first-order chi connectivity index (χ1) is 16.1. The second-order valence-corrected chi connectivity index (χ2v) is 9.15. The van der Waals surface area contributed by atoms with Crippen LogP contribution in [-0.4, -0.2) is 9.49 Å². The van der Waals surface area contributed by atoms with Crippen LogP contribution >= 0.6 is 11.3 Å². The highest BCUT2D eigenvalue weighted by Crippen LogP contribution is 2.31. The summed E-state index contributed by atoms with van der Waals surface area (Å²) in [6, 6.07) is 21.5. The average molecular weight is 460 g/mol. The van der Waals surface area contributed by atoms with Crippen LogP contribution < -0.4 is 4.80 Å². The Hall–Kier alpha value is -3.25. The van der Waals surface area contributed by atoms with Crippen molar-refractivity contribution in [2.24, 2.45) is 10.9 Å². The van der Waals surface area contributed by atoms with Crippen LogP contribution in [0.3, 0.4) is 0 Å². The fourth-order valence-corrected chi connectivity index (χ4v) is 5.17. The summed E-state index contributed by atoms with van der Waals surface area (Å²) in [7, 11) is 0. The smallest absolute Gasteiger partial charge is 0.294 e. The lowest BCUT2D eigenvalue weighted by atomic mass is 9.98. The predicted molar refractivity (Wildman–Crippen MR) is 137 cm³/mol. The van der Waals surface area contributed by atoms with Crippen molar-refractivity contribution < 1.29 is 4.92 Å². The maximum Gasteiger partial charge on any atom is 0.294 e. The molecule has 0 spiro atoms. The molecular weight excluding hydrogens is 430 g/mol. The Morgan fingerprint density at radius 3 is 2.58 bits per heavy atom. The Kier molecular flexibility index (Phi) is 7.35. The zero-order chi connectivity index (χ0) is 23.2. The molecule has 0 N–H and O–H groups in total. The van der Waals surface area contributed by atoms with E-state index in [-0.39, 0.29) is 10.6 Å². The fraction of sp³-hybridized carbons (Fsp3) is 0.296. The summed E-state index contributed by atoms with van der Waals surface area (Å²) in [6.45, 7) is 5.31. The molecule has 1 heterocycles. The Morgan fingerprint density at radius 2 is 1.79 bits per heavy atom. The quantitative estimate of drug-likeness (QED) is 0.190. The van der Waals surface area contributed by atoms with Crippen LogP contribution in [0, 0.1) is 16.0 Å². The summed E-state index contributed by atoms with van der Waals surface area (Å²) in [5, 5.41) is 16.1. The third-order valence-corrected chi connectivity index (χ3v) is 7.01. The van der Waals surface area contributed by atoms with Crippen LogP contribution in [0.2, 0.25) is 0 Å². The number of thiazole rings is 1. The van der Waals surface area contributed by atoms with Crippen molar-refractivity contribution in [3.63, 3.8) is 0 Å². The zero-order valence-electron chi connectivity index (χ0n) is 19.1. The van der Waals surface area contributed by atoms with Crippen LogP contribution in [0.15, 0.2) is 77.1 Å². The number of hydrogen-bond donors (Lipinski definition) is 0. The lowest BCUT2D eigenvalue weighted by Gasteiger charge is -2.18. The van der Waals surface area contributed by atoms with Crippen LogP contribution in [0.1, 0.15) is 39.5 Å². The molecule has 0 saturated carbocycles. The van der Waals surface area contributed by atoms with Gasteiger partial charge in [-0.15, -0.1) is 11.3 Å². The second-order valence-electron chi connectivity index (χ2n) is 8.31. The molecule has 0 bridgehead atoms. The molecule has 0 aliphatic heterocycles. The van der Waals surface area contributed by atoms with Gasteiger partial charge in [0.15, 0.2) is 4.80 Å². The van der Waals surface area contributed by atoms with Gasteiger partial charge in [-0.25, -0.2) is 4.99 Å². The molecule has 33 heavy (non-hydrogen) atoms. The van der Waals surface area contributed by atoms with Gasteiger partial charge in [0.05, 0.1) is 10.6 Å². The summed E-state index contributed by atoms with van der Waals surface area (Å²) in [5.74, 6) is 0.526. The van der Waals surface area contributed by atoms with Gasteiger partial charge in [-0.1, -0.05) is 87.7 Å². The van der Waals surface area contributed by atoms with Gasteiger partial charge in [-0.05, 0) is 29.2 Å². The van der Waals surface area contributed by atoms with E-state index in [1.165, 1.54) is 35.2 Å². The van der Waals surface area contributed by atoms with E-state index in [1.54, 1.807) is 29.5 Å². The molecular formula is C27H29N3O2S.